The van der Waals surface area contributed by atoms with Crippen LogP contribution in [0.15, 0.2) is 24.3 Å². The van der Waals surface area contributed by atoms with Crippen molar-refractivity contribution in [3.8, 4) is 0 Å². The maximum Gasteiger partial charge on any atom is 0.324 e. The van der Waals surface area contributed by atoms with Crippen LogP contribution in [0.3, 0.4) is 0 Å². The topological polar surface area (TPSA) is 54.5 Å². The number of hydrogen-bond donors (Lipinski definition) is 0. The zero-order chi connectivity index (χ0) is 13.6. The Kier molecular flexibility index (Phi) is 3.11. The number of halogens is 2. The van der Waals surface area contributed by atoms with Gasteiger partial charge in [-0.25, -0.2) is 8.70 Å². The maximum absolute atomic E-state index is 13.2. The second-order valence-corrected chi connectivity index (χ2v) is 6.53. The molecule has 98 valence electrons. The molecule has 0 spiro atoms. The summed E-state index contributed by atoms with van der Waals surface area (Å²) in [5.41, 5.74) is -0.617. The van der Waals surface area contributed by atoms with Crippen molar-refractivity contribution in [2.75, 3.05) is 0 Å². The molecule has 0 saturated carbocycles. The van der Waals surface area contributed by atoms with Gasteiger partial charge >= 0.3 is 9.24 Å². The standard InChI is InChI=1S/C11H11ClFNO3S/c1-2-11(8-4-3-5-9(13)6-8)7-10(15)14(11)18(12,16)17/h3-6H,2,7H2,1H3. The van der Waals surface area contributed by atoms with Crippen LogP contribution in [0.2, 0.25) is 0 Å². The Balaban J connectivity index is 2.54. The van der Waals surface area contributed by atoms with Gasteiger partial charge in [-0.15, -0.1) is 0 Å². The molecule has 1 aliphatic rings. The quantitative estimate of drug-likeness (QED) is 0.633. The fraction of sp³-hybridized carbons (Fsp3) is 0.364. The Labute approximate surface area is 109 Å². The first-order valence-electron chi connectivity index (χ1n) is 5.35. The first-order chi connectivity index (χ1) is 8.31. The van der Waals surface area contributed by atoms with Gasteiger partial charge in [-0.2, -0.15) is 8.42 Å². The predicted octanol–water partition coefficient (Wildman–Crippen LogP) is 2.15. The number of hydrogen-bond acceptors (Lipinski definition) is 3. The van der Waals surface area contributed by atoms with Gasteiger partial charge in [0.25, 0.3) is 0 Å². The number of nitrogens with zero attached hydrogens (tertiary/aromatic N) is 1. The number of rotatable bonds is 3. The van der Waals surface area contributed by atoms with Crippen molar-refractivity contribution in [3.05, 3.63) is 35.6 Å². The summed E-state index contributed by atoms with van der Waals surface area (Å²) in [6.07, 6.45) is 0.354. The molecule has 1 aliphatic heterocycles. The summed E-state index contributed by atoms with van der Waals surface area (Å²) in [5.74, 6) is -1.05. The Morgan fingerprint density at radius 1 is 1.50 bits per heavy atom. The highest BCUT2D eigenvalue weighted by atomic mass is 35.7. The molecule has 0 N–H and O–H groups in total. The highest BCUT2D eigenvalue weighted by Crippen LogP contribution is 2.47. The van der Waals surface area contributed by atoms with E-state index in [1.54, 1.807) is 13.0 Å². The average Bonchev–Trinajstić information content (AvgIpc) is 2.22. The first-order valence-corrected chi connectivity index (χ1v) is 7.62. The van der Waals surface area contributed by atoms with Gasteiger partial charge in [0.1, 0.15) is 5.82 Å². The molecule has 1 fully saturated rings. The molecule has 0 aromatic heterocycles. The summed E-state index contributed by atoms with van der Waals surface area (Å²) in [6, 6.07) is 5.55. The van der Waals surface area contributed by atoms with Crippen LogP contribution in [0.5, 0.6) is 0 Å². The molecular formula is C11H11ClFNO3S. The van der Waals surface area contributed by atoms with Crippen LogP contribution < -0.4 is 0 Å². The normalized spacial score (nSPS) is 23.9. The summed E-state index contributed by atoms with van der Waals surface area (Å²) >= 11 is 0. The first kappa shape index (κ1) is 13.3. The lowest BCUT2D eigenvalue weighted by atomic mass is 9.78. The van der Waals surface area contributed by atoms with Crippen LogP contribution in [0.1, 0.15) is 25.3 Å². The van der Waals surface area contributed by atoms with E-state index in [4.69, 9.17) is 10.7 Å². The van der Waals surface area contributed by atoms with E-state index < -0.39 is 26.5 Å². The van der Waals surface area contributed by atoms with Gasteiger partial charge in [-0.05, 0) is 24.1 Å². The summed E-state index contributed by atoms with van der Waals surface area (Å²) in [4.78, 5) is 11.5. The van der Waals surface area contributed by atoms with Gasteiger partial charge in [-0.1, -0.05) is 19.1 Å². The molecule has 7 heteroatoms. The van der Waals surface area contributed by atoms with Gasteiger partial charge < -0.3 is 0 Å². The minimum Gasteiger partial charge on any atom is -0.274 e. The average molecular weight is 292 g/mol. The van der Waals surface area contributed by atoms with Crippen LogP contribution in [0.4, 0.5) is 4.39 Å². The van der Waals surface area contributed by atoms with Crippen LogP contribution in [-0.4, -0.2) is 18.6 Å². The highest BCUT2D eigenvalue weighted by Gasteiger charge is 2.56. The van der Waals surface area contributed by atoms with Gasteiger partial charge in [0.2, 0.25) is 5.91 Å². The lowest BCUT2D eigenvalue weighted by molar-refractivity contribution is -0.146. The van der Waals surface area contributed by atoms with Crippen molar-refractivity contribution >= 4 is 25.8 Å². The summed E-state index contributed by atoms with van der Waals surface area (Å²) in [5, 5.41) is 0. The second-order valence-electron chi connectivity index (χ2n) is 4.17. The third-order valence-electron chi connectivity index (χ3n) is 3.22. The zero-order valence-electron chi connectivity index (χ0n) is 9.56. The van der Waals surface area contributed by atoms with Crippen molar-refractivity contribution in [1.82, 2.24) is 4.31 Å². The molecular weight excluding hydrogens is 281 g/mol. The molecule has 1 unspecified atom stereocenters. The smallest absolute Gasteiger partial charge is 0.274 e. The van der Waals surface area contributed by atoms with Crippen molar-refractivity contribution in [2.45, 2.75) is 25.3 Å². The molecule has 1 amide bonds. The number of benzene rings is 1. The van der Waals surface area contributed by atoms with Crippen molar-refractivity contribution in [3.63, 3.8) is 0 Å². The molecule has 1 saturated heterocycles. The van der Waals surface area contributed by atoms with E-state index in [1.807, 2.05) is 0 Å². The third-order valence-corrected chi connectivity index (χ3v) is 4.63. The lowest BCUT2D eigenvalue weighted by Crippen LogP contribution is -2.61. The summed E-state index contributed by atoms with van der Waals surface area (Å²) in [6.45, 7) is 1.73. The van der Waals surface area contributed by atoms with Crippen LogP contribution in [-0.2, 0) is 19.6 Å². The molecule has 2 rings (SSSR count). The third kappa shape index (κ3) is 1.89. The lowest BCUT2D eigenvalue weighted by Gasteiger charge is -2.49. The Morgan fingerprint density at radius 3 is 2.61 bits per heavy atom. The molecule has 0 bridgehead atoms. The van der Waals surface area contributed by atoms with E-state index in [9.17, 15) is 17.6 Å². The van der Waals surface area contributed by atoms with E-state index in [2.05, 4.69) is 0 Å². The minimum atomic E-state index is -4.16. The molecule has 1 heterocycles. The number of amides is 1. The molecule has 4 nitrogen and oxygen atoms in total. The minimum absolute atomic E-state index is 0.0128. The molecule has 1 aromatic rings. The second kappa shape index (κ2) is 4.20. The molecule has 18 heavy (non-hydrogen) atoms. The Hall–Kier alpha value is -1.14. The fourth-order valence-corrected chi connectivity index (χ4v) is 3.99. The van der Waals surface area contributed by atoms with Crippen molar-refractivity contribution < 1.29 is 17.6 Å². The molecule has 0 aliphatic carbocycles. The monoisotopic (exact) mass is 291 g/mol. The van der Waals surface area contributed by atoms with Crippen LogP contribution >= 0.6 is 10.7 Å². The molecule has 1 aromatic carbocycles. The number of carbonyl (C=O) groups is 1. The summed E-state index contributed by atoms with van der Waals surface area (Å²) < 4.78 is 36.7. The van der Waals surface area contributed by atoms with E-state index in [-0.39, 0.29) is 6.42 Å². The SMILES string of the molecule is CCC1(c2cccc(F)c2)CC(=O)N1S(=O)(=O)Cl. The predicted molar refractivity (Wildman–Crippen MR) is 64.6 cm³/mol. The van der Waals surface area contributed by atoms with E-state index in [1.165, 1.54) is 18.2 Å². The van der Waals surface area contributed by atoms with E-state index in [0.29, 0.717) is 16.3 Å². The van der Waals surface area contributed by atoms with Crippen LogP contribution in [0, 0.1) is 5.82 Å². The van der Waals surface area contributed by atoms with E-state index in [0.717, 1.165) is 0 Å². The maximum atomic E-state index is 13.2. The Bertz CT molecular complexity index is 604. The van der Waals surface area contributed by atoms with Gasteiger partial charge in [0.15, 0.2) is 0 Å². The van der Waals surface area contributed by atoms with E-state index >= 15 is 0 Å². The van der Waals surface area contributed by atoms with Gasteiger partial charge in [-0.3, -0.25) is 4.79 Å². The largest absolute Gasteiger partial charge is 0.324 e. The molecule has 0 radical (unpaired) electrons. The molecule has 1 atom stereocenters. The zero-order valence-corrected chi connectivity index (χ0v) is 11.1. The van der Waals surface area contributed by atoms with Crippen molar-refractivity contribution in [1.29, 1.82) is 0 Å². The Morgan fingerprint density at radius 2 is 2.17 bits per heavy atom. The number of carbonyl (C=O) groups excluding carboxylic acids is 1. The van der Waals surface area contributed by atoms with Crippen LogP contribution in [0.25, 0.3) is 0 Å². The van der Waals surface area contributed by atoms with Gasteiger partial charge in [0, 0.05) is 10.7 Å². The summed E-state index contributed by atoms with van der Waals surface area (Å²) in [7, 11) is 1.10. The fourth-order valence-electron chi connectivity index (χ4n) is 2.34. The van der Waals surface area contributed by atoms with Gasteiger partial charge in [0.05, 0.1) is 12.0 Å². The van der Waals surface area contributed by atoms with Crippen molar-refractivity contribution in [2.24, 2.45) is 0 Å². The number of β-lactam (4-membered cyclic amide) rings is 1. The highest BCUT2D eigenvalue weighted by molar-refractivity contribution is 8.12.